The number of thiazole rings is 1. The zero-order valence-electron chi connectivity index (χ0n) is 18.9. The summed E-state index contributed by atoms with van der Waals surface area (Å²) in [7, 11) is -3.51. The monoisotopic (exact) mass is 490 g/mol. The van der Waals surface area contributed by atoms with Crippen LogP contribution in [0.4, 0.5) is 5.13 Å². The third-order valence-corrected chi connectivity index (χ3v) is 8.69. The van der Waals surface area contributed by atoms with Gasteiger partial charge in [-0.1, -0.05) is 61.5 Å². The predicted octanol–water partition coefficient (Wildman–Crippen LogP) is 5.83. The van der Waals surface area contributed by atoms with Crippen LogP contribution in [0.5, 0.6) is 0 Å². The Balaban J connectivity index is 1.32. The van der Waals surface area contributed by atoms with Crippen molar-refractivity contribution < 1.29 is 8.42 Å². The van der Waals surface area contributed by atoms with Crippen LogP contribution in [0.2, 0.25) is 0 Å². The molecule has 0 saturated carbocycles. The minimum absolute atomic E-state index is 0.315. The summed E-state index contributed by atoms with van der Waals surface area (Å²) in [6.45, 7) is 3.26. The number of aromatic nitrogens is 1. The van der Waals surface area contributed by atoms with Gasteiger partial charge in [-0.15, -0.1) is 11.3 Å². The maximum atomic E-state index is 13.2. The first-order valence-corrected chi connectivity index (χ1v) is 13.7. The third kappa shape index (κ3) is 4.75. The standard InChI is InChI=1S/C26H26N4O2S2/c1-19-7-6-14-30(17-19)34(31,32)23-12-5-10-21(15-23)25-18-33-26(28-25)29-27-16-22-11-4-9-20-8-2-3-13-24(20)22/h2-5,8-13,15-16,18-19H,6-7,14,17H2,1H3,(H,28,29). The summed E-state index contributed by atoms with van der Waals surface area (Å²) < 4.78 is 27.9. The zero-order chi connectivity index (χ0) is 23.5. The Bertz CT molecular complexity index is 1440. The van der Waals surface area contributed by atoms with Crippen LogP contribution in [0.1, 0.15) is 25.3 Å². The van der Waals surface area contributed by atoms with Crippen LogP contribution in [0.15, 0.2) is 82.1 Å². The second kappa shape index (κ2) is 9.66. The molecule has 0 spiro atoms. The quantitative estimate of drug-likeness (QED) is 0.273. The molecule has 0 radical (unpaired) electrons. The first kappa shape index (κ1) is 22.7. The zero-order valence-corrected chi connectivity index (χ0v) is 20.5. The molecule has 8 heteroatoms. The molecule has 34 heavy (non-hydrogen) atoms. The molecule has 0 aliphatic carbocycles. The van der Waals surface area contributed by atoms with E-state index < -0.39 is 10.0 Å². The summed E-state index contributed by atoms with van der Waals surface area (Å²) in [6.07, 6.45) is 3.76. The van der Waals surface area contributed by atoms with Crippen LogP contribution < -0.4 is 5.43 Å². The molecule has 1 aliphatic rings. The van der Waals surface area contributed by atoms with Crippen molar-refractivity contribution in [3.63, 3.8) is 0 Å². The van der Waals surface area contributed by atoms with Crippen LogP contribution >= 0.6 is 11.3 Å². The van der Waals surface area contributed by atoms with Gasteiger partial charge >= 0.3 is 0 Å². The number of rotatable bonds is 6. The normalized spacial score (nSPS) is 17.4. The predicted molar refractivity (Wildman–Crippen MR) is 140 cm³/mol. The largest absolute Gasteiger partial charge is 0.253 e. The number of sulfonamides is 1. The molecule has 0 amide bonds. The van der Waals surface area contributed by atoms with Crippen molar-refractivity contribution in [1.29, 1.82) is 0 Å². The summed E-state index contributed by atoms with van der Waals surface area (Å²) in [5.74, 6) is 0.383. The lowest BCUT2D eigenvalue weighted by Crippen LogP contribution is -2.39. The van der Waals surface area contributed by atoms with Crippen molar-refractivity contribution in [2.24, 2.45) is 11.0 Å². The van der Waals surface area contributed by atoms with E-state index in [1.54, 1.807) is 28.7 Å². The van der Waals surface area contributed by atoms with E-state index in [9.17, 15) is 8.42 Å². The maximum Gasteiger partial charge on any atom is 0.243 e. The van der Waals surface area contributed by atoms with Gasteiger partial charge in [-0.2, -0.15) is 9.41 Å². The number of nitrogens with one attached hydrogen (secondary N) is 1. The topological polar surface area (TPSA) is 74.7 Å². The van der Waals surface area contributed by atoms with E-state index in [-0.39, 0.29) is 0 Å². The highest BCUT2D eigenvalue weighted by molar-refractivity contribution is 7.89. The Hall–Kier alpha value is -3.07. The number of anilines is 1. The average molecular weight is 491 g/mol. The van der Waals surface area contributed by atoms with E-state index in [1.165, 1.54) is 11.3 Å². The summed E-state index contributed by atoms with van der Waals surface area (Å²) in [5, 5.41) is 9.21. The second-order valence-electron chi connectivity index (χ2n) is 8.61. The smallest absolute Gasteiger partial charge is 0.243 e. The van der Waals surface area contributed by atoms with Gasteiger partial charge in [0, 0.05) is 29.6 Å². The van der Waals surface area contributed by atoms with Gasteiger partial charge in [0.25, 0.3) is 0 Å². The van der Waals surface area contributed by atoms with Crippen LogP contribution in [0.3, 0.4) is 0 Å². The van der Waals surface area contributed by atoms with E-state index in [0.29, 0.717) is 29.0 Å². The van der Waals surface area contributed by atoms with E-state index in [1.807, 2.05) is 35.7 Å². The summed E-state index contributed by atoms with van der Waals surface area (Å²) in [5.41, 5.74) is 5.51. The molecule has 4 aromatic rings. The van der Waals surface area contributed by atoms with Gasteiger partial charge in [-0.25, -0.2) is 13.4 Å². The maximum absolute atomic E-state index is 13.2. The molecule has 1 unspecified atom stereocenters. The molecule has 0 bridgehead atoms. The van der Waals surface area contributed by atoms with E-state index >= 15 is 0 Å². The Kier molecular flexibility index (Phi) is 6.45. The van der Waals surface area contributed by atoms with Crippen molar-refractivity contribution in [2.45, 2.75) is 24.7 Å². The molecule has 1 N–H and O–H groups in total. The Morgan fingerprint density at radius 3 is 2.82 bits per heavy atom. The summed E-state index contributed by atoms with van der Waals surface area (Å²) in [6, 6.07) is 21.3. The van der Waals surface area contributed by atoms with E-state index in [0.717, 1.165) is 40.4 Å². The molecule has 1 aliphatic heterocycles. The second-order valence-corrected chi connectivity index (χ2v) is 11.4. The number of piperidine rings is 1. The van der Waals surface area contributed by atoms with Crippen molar-refractivity contribution in [2.75, 3.05) is 18.5 Å². The number of hydrogen-bond donors (Lipinski definition) is 1. The third-order valence-electron chi connectivity index (χ3n) is 6.08. The fourth-order valence-electron chi connectivity index (χ4n) is 4.31. The van der Waals surface area contributed by atoms with Gasteiger partial charge in [0.15, 0.2) is 0 Å². The fourth-order valence-corrected chi connectivity index (χ4v) is 6.62. The Labute approximate surface area is 204 Å². The molecule has 2 heterocycles. The Morgan fingerprint density at radius 1 is 1.12 bits per heavy atom. The molecule has 5 rings (SSSR count). The minimum Gasteiger partial charge on any atom is -0.253 e. The molecule has 1 atom stereocenters. The first-order valence-electron chi connectivity index (χ1n) is 11.3. The summed E-state index contributed by atoms with van der Waals surface area (Å²) in [4.78, 5) is 4.92. The summed E-state index contributed by atoms with van der Waals surface area (Å²) >= 11 is 1.43. The molecule has 1 aromatic heterocycles. The van der Waals surface area contributed by atoms with Gasteiger partial charge in [-0.3, -0.25) is 5.43 Å². The lowest BCUT2D eigenvalue weighted by molar-refractivity contribution is 0.281. The number of fused-ring (bicyclic) bond motifs is 1. The highest BCUT2D eigenvalue weighted by Gasteiger charge is 2.28. The van der Waals surface area contributed by atoms with Crippen molar-refractivity contribution in [3.8, 4) is 11.3 Å². The average Bonchev–Trinajstić information content (AvgIpc) is 3.33. The lowest BCUT2D eigenvalue weighted by Gasteiger charge is -2.30. The van der Waals surface area contributed by atoms with Crippen molar-refractivity contribution in [1.82, 2.24) is 9.29 Å². The SMILES string of the molecule is CC1CCCN(S(=O)(=O)c2cccc(-c3csc(NN=Cc4cccc5ccccc45)n3)c2)C1. The van der Waals surface area contributed by atoms with Crippen LogP contribution in [0, 0.1) is 5.92 Å². The van der Waals surface area contributed by atoms with Crippen LogP contribution in [-0.4, -0.2) is 37.0 Å². The molecular weight excluding hydrogens is 464 g/mol. The highest BCUT2D eigenvalue weighted by Crippen LogP contribution is 2.29. The fraction of sp³-hybridized carbons (Fsp3) is 0.231. The molecule has 174 valence electrons. The van der Waals surface area contributed by atoms with Crippen LogP contribution in [0.25, 0.3) is 22.0 Å². The molecule has 3 aromatic carbocycles. The number of hydrogen-bond acceptors (Lipinski definition) is 6. The first-order chi connectivity index (χ1) is 16.5. The van der Waals surface area contributed by atoms with Crippen LogP contribution in [-0.2, 0) is 10.0 Å². The van der Waals surface area contributed by atoms with Gasteiger partial charge in [0.05, 0.1) is 16.8 Å². The highest BCUT2D eigenvalue weighted by atomic mass is 32.2. The number of nitrogens with zero attached hydrogens (tertiary/aromatic N) is 3. The van der Waals surface area contributed by atoms with E-state index in [4.69, 9.17) is 0 Å². The molecular formula is C26H26N4O2S2. The molecule has 6 nitrogen and oxygen atoms in total. The van der Waals surface area contributed by atoms with Crippen molar-refractivity contribution in [3.05, 3.63) is 77.7 Å². The Morgan fingerprint density at radius 2 is 1.94 bits per heavy atom. The van der Waals surface area contributed by atoms with Gasteiger partial charge in [0.1, 0.15) is 0 Å². The minimum atomic E-state index is -3.51. The van der Waals surface area contributed by atoms with E-state index in [2.05, 4.69) is 40.6 Å². The van der Waals surface area contributed by atoms with Gasteiger partial charge in [-0.05, 0) is 41.7 Å². The van der Waals surface area contributed by atoms with Crippen molar-refractivity contribution >= 4 is 43.5 Å². The molecule has 1 fully saturated rings. The lowest BCUT2D eigenvalue weighted by atomic mass is 10.0. The number of benzene rings is 3. The van der Waals surface area contributed by atoms with Gasteiger partial charge < -0.3 is 0 Å². The molecule has 1 saturated heterocycles. The number of hydrazone groups is 1. The van der Waals surface area contributed by atoms with Gasteiger partial charge in [0.2, 0.25) is 15.2 Å².